The van der Waals surface area contributed by atoms with Crippen molar-refractivity contribution in [3.8, 4) is 0 Å². The van der Waals surface area contributed by atoms with Crippen LogP contribution in [0.4, 0.5) is 4.79 Å². The average Bonchev–Trinajstić information content (AvgIpc) is 3.81. The molecule has 1 aromatic carbocycles. The third-order valence-electron chi connectivity index (χ3n) is 12.0. The molecule has 3 N–H and O–H groups in total. The summed E-state index contributed by atoms with van der Waals surface area (Å²) in [4.78, 5) is 79.3. The van der Waals surface area contributed by atoms with Crippen molar-refractivity contribution in [3.05, 3.63) is 62.4 Å². The lowest BCUT2D eigenvalue weighted by atomic mass is 9.82. The van der Waals surface area contributed by atoms with Crippen LogP contribution in [0.5, 0.6) is 0 Å². The molecule has 4 amide bonds. The zero-order valence-electron chi connectivity index (χ0n) is 40.4. The van der Waals surface area contributed by atoms with Gasteiger partial charge in [-0.25, -0.2) is 15.2 Å². The Balaban J connectivity index is 1.78. The summed E-state index contributed by atoms with van der Waals surface area (Å²) in [6, 6.07) is 8.60. The van der Waals surface area contributed by atoms with Crippen LogP contribution in [0, 0.1) is 23.7 Å². The standard InChI is InChI=1S/C47H75N9O9S/c1-9-22-64-42(29-40(32(4)5)56(31-62-11-3)46(60)37(33(6)10-2)28-41(57)39-19-15-16-21-55(39)8)45-51-38(30-66-45)44(59)50-36(27-35-17-13-12-14-18-35)26-34(7)43(58)52-53-47(61)65-25-24-63-23-20-49-54-48/h12-14,17-18,30,32-34,36-37,39-40,42H,9-11,15-16,19-29,31H2,1-8H3,(H,50,59)(H,52,58)(H,53,61)/t33-,34-,36+,37-,39+,40+,42+/m0/s1. The summed E-state index contributed by atoms with van der Waals surface area (Å²) in [6.07, 6.45) is 4.20. The number of likely N-dealkylation sites (tertiary alicyclic amines) is 1. The van der Waals surface area contributed by atoms with Crippen molar-refractivity contribution in [1.29, 1.82) is 0 Å². The number of piperidine rings is 1. The number of azide groups is 1. The van der Waals surface area contributed by atoms with Crippen molar-refractivity contribution in [2.45, 2.75) is 130 Å². The van der Waals surface area contributed by atoms with E-state index in [0.29, 0.717) is 31.1 Å². The smallest absolute Gasteiger partial charge is 0.426 e. The van der Waals surface area contributed by atoms with Gasteiger partial charge in [0.1, 0.15) is 30.1 Å². The van der Waals surface area contributed by atoms with Crippen molar-refractivity contribution in [3.63, 3.8) is 0 Å². The third-order valence-corrected chi connectivity index (χ3v) is 12.9. The molecule has 1 saturated heterocycles. The minimum Gasteiger partial charge on any atom is -0.446 e. The fraction of sp³-hybridized carbons (Fsp3) is 0.702. The number of Topliss-reactive ketones (excluding diaryl/α,β-unsaturated/α-hetero) is 1. The highest BCUT2D eigenvalue weighted by Gasteiger charge is 2.39. The van der Waals surface area contributed by atoms with Crippen LogP contribution in [0.3, 0.4) is 0 Å². The monoisotopic (exact) mass is 942 g/mol. The number of likely N-dealkylation sites (N-methyl/N-ethyl adjacent to an activating group) is 1. The SMILES string of the molecule is CCCO[C@H](C[C@H](C(C)C)N(COCC)C(=O)[C@@H](CC(=O)[C@H]1CCCCN1C)[C@@H](C)CC)c1nc(C(=O)N[C@@H](Cc2ccccc2)C[C@H](C)C(=O)NNC(=O)OCCOCCN=[N+]=[N-])cs1. The van der Waals surface area contributed by atoms with Gasteiger partial charge in [-0.3, -0.25) is 29.5 Å². The molecule has 66 heavy (non-hydrogen) atoms. The number of ketones is 1. The number of amides is 4. The zero-order valence-corrected chi connectivity index (χ0v) is 41.2. The van der Waals surface area contributed by atoms with Crippen LogP contribution in [0.25, 0.3) is 10.4 Å². The minimum atomic E-state index is -0.873. The van der Waals surface area contributed by atoms with Crippen LogP contribution >= 0.6 is 11.3 Å². The second-order valence-corrected chi connectivity index (χ2v) is 18.3. The fourth-order valence-corrected chi connectivity index (χ4v) is 8.86. The number of carbonyl (C=O) groups excluding carboxylic acids is 5. The van der Waals surface area contributed by atoms with Crippen LogP contribution in [-0.4, -0.2) is 122 Å². The van der Waals surface area contributed by atoms with E-state index in [9.17, 15) is 24.0 Å². The highest BCUT2D eigenvalue weighted by atomic mass is 32.1. The second kappa shape index (κ2) is 30.6. The molecule has 7 atom stereocenters. The lowest BCUT2D eigenvalue weighted by Crippen LogP contribution is -2.50. The Morgan fingerprint density at radius 3 is 2.41 bits per heavy atom. The van der Waals surface area contributed by atoms with E-state index in [1.165, 1.54) is 11.3 Å². The van der Waals surface area contributed by atoms with E-state index >= 15 is 0 Å². The summed E-state index contributed by atoms with van der Waals surface area (Å²) < 4.78 is 22.6. The molecule has 3 rings (SSSR count). The molecule has 1 aliphatic heterocycles. The number of ether oxygens (including phenoxy) is 4. The first-order valence-corrected chi connectivity index (χ1v) is 24.5. The summed E-state index contributed by atoms with van der Waals surface area (Å²) in [7, 11) is 2.00. The van der Waals surface area contributed by atoms with E-state index in [2.05, 4.69) is 58.8 Å². The van der Waals surface area contributed by atoms with Crippen LogP contribution in [-0.2, 0) is 39.8 Å². The molecule has 2 aromatic rings. The molecule has 1 aromatic heterocycles. The van der Waals surface area contributed by atoms with E-state index in [1.807, 2.05) is 56.1 Å². The maximum Gasteiger partial charge on any atom is 0.426 e. The first kappa shape index (κ1) is 55.7. The molecule has 2 heterocycles. The molecular weight excluding hydrogens is 867 g/mol. The van der Waals surface area contributed by atoms with Gasteiger partial charge in [-0.15, -0.1) is 11.3 Å². The summed E-state index contributed by atoms with van der Waals surface area (Å²) in [5.41, 5.74) is 14.1. The molecule has 19 heteroatoms. The maximum atomic E-state index is 14.8. The first-order chi connectivity index (χ1) is 31.7. The van der Waals surface area contributed by atoms with Gasteiger partial charge in [0.05, 0.1) is 19.3 Å². The van der Waals surface area contributed by atoms with E-state index < -0.39 is 41.9 Å². The van der Waals surface area contributed by atoms with E-state index in [0.717, 1.165) is 44.2 Å². The van der Waals surface area contributed by atoms with Crippen molar-refractivity contribution in [2.24, 2.45) is 28.8 Å². The number of hydrazine groups is 1. The van der Waals surface area contributed by atoms with Crippen molar-refractivity contribution in [1.82, 2.24) is 31.0 Å². The quantitative estimate of drug-likeness (QED) is 0.0175. The number of hydrogen-bond donors (Lipinski definition) is 3. The fourth-order valence-electron chi connectivity index (χ4n) is 8.00. The summed E-state index contributed by atoms with van der Waals surface area (Å²) in [5.74, 6) is -2.05. The summed E-state index contributed by atoms with van der Waals surface area (Å²) in [6.45, 7) is 16.0. The summed E-state index contributed by atoms with van der Waals surface area (Å²) >= 11 is 1.32. The van der Waals surface area contributed by atoms with Gasteiger partial charge in [0.25, 0.3) is 5.91 Å². The van der Waals surface area contributed by atoms with Crippen LogP contribution < -0.4 is 16.2 Å². The molecule has 1 aliphatic rings. The number of benzene rings is 1. The Bertz CT molecular complexity index is 1830. The highest BCUT2D eigenvalue weighted by Crippen LogP contribution is 2.33. The third kappa shape index (κ3) is 18.9. The number of nitrogens with zero attached hydrogens (tertiary/aromatic N) is 6. The average molecular weight is 942 g/mol. The Morgan fingerprint density at radius 2 is 1.74 bits per heavy atom. The van der Waals surface area contributed by atoms with Gasteiger partial charge in [-0.05, 0) is 75.6 Å². The second-order valence-electron chi connectivity index (χ2n) is 17.4. The minimum absolute atomic E-state index is 0.0108. The maximum absolute atomic E-state index is 14.8. The molecule has 0 radical (unpaired) electrons. The van der Waals surface area contributed by atoms with Crippen molar-refractivity contribution < 1.29 is 42.9 Å². The van der Waals surface area contributed by atoms with Crippen LogP contribution in [0.2, 0.25) is 0 Å². The van der Waals surface area contributed by atoms with Gasteiger partial charge in [0.15, 0.2) is 5.78 Å². The molecule has 0 spiro atoms. The number of nitrogens with one attached hydrogen (secondary N) is 3. The Morgan fingerprint density at radius 1 is 0.985 bits per heavy atom. The molecule has 0 bridgehead atoms. The van der Waals surface area contributed by atoms with Crippen molar-refractivity contribution in [2.75, 3.05) is 59.9 Å². The predicted molar refractivity (Wildman–Crippen MR) is 253 cm³/mol. The zero-order chi connectivity index (χ0) is 48.4. The van der Waals surface area contributed by atoms with Crippen LogP contribution in [0.1, 0.15) is 127 Å². The molecule has 1 fully saturated rings. The normalized spacial score (nSPS) is 16.8. The van der Waals surface area contributed by atoms with E-state index in [4.69, 9.17) is 29.5 Å². The Hall–Kier alpha value is -4.65. The molecule has 368 valence electrons. The Labute approximate surface area is 395 Å². The molecule has 18 nitrogen and oxygen atoms in total. The number of rotatable bonds is 30. The summed E-state index contributed by atoms with van der Waals surface area (Å²) in [5, 5.41) is 8.75. The predicted octanol–water partition coefficient (Wildman–Crippen LogP) is 7.41. The first-order valence-electron chi connectivity index (χ1n) is 23.6. The molecule has 0 unspecified atom stereocenters. The van der Waals surface area contributed by atoms with Gasteiger partial charge in [0, 0.05) is 66.8 Å². The molecule has 0 aliphatic carbocycles. The van der Waals surface area contributed by atoms with Gasteiger partial charge < -0.3 is 29.2 Å². The van der Waals surface area contributed by atoms with E-state index in [-0.39, 0.29) is 87.2 Å². The number of aromatic nitrogens is 1. The number of thiazole rings is 1. The molecular formula is C47H75N9O9S. The number of carbonyl (C=O) groups is 5. The van der Waals surface area contributed by atoms with Gasteiger partial charge in [-0.1, -0.05) is 89.8 Å². The van der Waals surface area contributed by atoms with Gasteiger partial charge >= 0.3 is 6.09 Å². The largest absolute Gasteiger partial charge is 0.446 e. The lowest BCUT2D eigenvalue weighted by Gasteiger charge is -2.39. The van der Waals surface area contributed by atoms with Crippen molar-refractivity contribution >= 4 is 40.9 Å². The van der Waals surface area contributed by atoms with E-state index in [1.54, 1.807) is 12.3 Å². The Kier molecular flexibility index (Phi) is 25.8. The topological polar surface area (TPSA) is 226 Å². The van der Waals surface area contributed by atoms with Gasteiger partial charge in [-0.2, -0.15) is 0 Å². The number of hydrogen-bond acceptors (Lipinski definition) is 13. The lowest BCUT2D eigenvalue weighted by molar-refractivity contribution is -0.151. The highest BCUT2D eigenvalue weighted by molar-refractivity contribution is 7.09. The van der Waals surface area contributed by atoms with Crippen LogP contribution in [0.15, 0.2) is 40.8 Å². The molecule has 0 saturated carbocycles. The van der Waals surface area contributed by atoms with Gasteiger partial charge in [0.2, 0.25) is 11.8 Å².